The molecule has 10 nitrogen and oxygen atoms in total. The summed E-state index contributed by atoms with van der Waals surface area (Å²) in [6.45, 7) is 0. The normalized spacial score (nSPS) is 10.9. The second-order valence-corrected chi connectivity index (χ2v) is 4.35. The van der Waals surface area contributed by atoms with Gasteiger partial charge < -0.3 is 30.6 Å². The summed E-state index contributed by atoms with van der Waals surface area (Å²) in [6.07, 6.45) is 0. The lowest BCUT2D eigenvalue weighted by Crippen LogP contribution is -2.42. The Morgan fingerprint density at radius 3 is 0.818 bits per heavy atom. The number of hydrogen-bond donors (Lipinski definition) is 6. The molecule has 0 fully saturated rings. The molecule has 0 spiro atoms. The van der Waals surface area contributed by atoms with Crippen molar-refractivity contribution in [1.29, 1.82) is 0 Å². The van der Waals surface area contributed by atoms with E-state index >= 15 is 0 Å². The van der Waals surface area contributed by atoms with Crippen LogP contribution in [-0.2, 0) is 0 Å². The van der Waals surface area contributed by atoms with Crippen molar-refractivity contribution in [3.63, 3.8) is 0 Å². The Kier molecular flexibility index (Phi) is 2.73. The number of nitrogens with zero attached hydrogens (tertiary/aromatic N) is 4. The van der Waals surface area contributed by atoms with Gasteiger partial charge in [0.1, 0.15) is 0 Å². The van der Waals surface area contributed by atoms with E-state index in [2.05, 4.69) is 0 Å². The van der Waals surface area contributed by atoms with Crippen molar-refractivity contribution in [2.24, 2.45) is 0 Å². The van der Waals surface area contributed by atoms with Gasteiger partial charge in [-0.25, -0.2) is 0 Å². The molecular formula is C12H12N4O6. The molecule has 0 atom stereocenters. The van der Waals surface area contributed by atoms with E-state index in [1.165, 1.54) is 0 Å². The van der Waals surface area contributed by atoms with Gasteiger partial charge in [-0.15, -0.1) is 0 Å². The van der Waals surface area contributed by atoms with Gasteiger partial charge in [-0.05, 0) is 0 Å². The van der Waals surface area contributed by atoms with Crippen molar-refractivity contribution in [2.45, 2.75) is 0 Å². The Morgan fingerprint density at radius 2 is 0.636 bits per heavy atom. The molecule has 0 unspecified atom stereocenters. The molecule has 0 saturated heterocycles. The van der Waals surface area contributed by atoms with Crippen LogP contribution in [0.1, 0.15) is 0 Å². The van der Waals surface area contributed by atoms with Crippen molar-refractivity contribution in [3.8, 4) is 35.3 Å². The molecule has 0 aliphatic carbocycles. The van der Waals surface area contributed by atoms with Crippen LogP contribution in [0.2, 0.25) is 0 Å². The SMILES string of the molecule is Oc1ccc(O)n1N(n1c(O)ccc1O)n1c(O)ccc1O. The first kappa shape index (κ1) is 13.4. The van der Waals surface area contributed by atoms with Crippen LogP contribution in [-0.4, -0.2) is 44.7 Å². The van der Waals surface area contributed by atoms with Gasteiger partial charge in [0.25, 0.3) is 0 Å². The molecule has 0 bridgehead atoms. The highest BCUT2D eigenvalue weighted by atomic mass is 16.4. The van der Waals surface area contributed by atoms with Crippen LogP contribution in [0.4, 0.5) is 0 Å². The lowest BCUT2D eigenvalue weighted by atomic mass is 10.6. The number of aromatic nitrogens is 3. The molecular weight excluding hydrogens is 296 g/mol. The molecule has 0 aliphatic rings. The molecule has 0 radical (unpaired) electrons. The minimum Gasteiger partial charge on any atom is -0.493 e. The lowest BCUT2D eigenvalue weighted by molar-refractivity contribution is 0.251. The maximum atomic E-state index is 9.87. The molecule has 3 aromatic rings. The average Bonchev–Trinajstić information content (AvgIpc) is 3.08. The highest BCUT2D eigenvalue weighted by Crippen LogP contribution is 2.32. The van der Waals surface area contributed by atoms with Gasteiger partial charge in [-0.2, -0.15) is 14.0 Å². The summed E-state index contributed by atoms with van der Waals surface area (Å²) in [5, 5.41) is 59.9. The van der Waals surface area contributed by atoms with Gasteiger partial charge in [0.2, 0.25) is 35.3 Å². The Morgan fingerprint density at radius 1 is 0.455 bits per heavy atom. The van der Waals surface area contributed by atoms with Crippen molar-refractivity contribution < 1.29 is 30.6 Å². The first-order valence-corrected chi connectivity index (χ1v) is 6.02. The molecule has 10 heteroatoms. The number of hydrogen-bond acceptors (Lipinski definition) is 7. The van der Waals surface area contributed by atoms with Crippen LogP contribution < -0.4 is 5.23 Å². The van der Waals surface area contributed by atoms with Crippen LogP contribution >= 0.6 is 0 Å². The summed E-state index contributed by atoms with van der Waals surface area (Å²) in [7, 11) is 0. The maximum Gasteiger partial charge on any atom is 0.216 e. The van der Waals surface area contributed by atoms with Crippen LogP contribution in [0.3, 0.4) is 0 Å². The molecule has 6 N–H and O–H groups in total. The smallest absolute Gasteiger partial charge is 0.216 e. The van der Waals surface area contributed by atoms with Crippen LogP contribution in [0.5, 0.6) is 35.3 Å². The number of aromatic hydroxyl groups is 6. The highest BCUT2D eigenvalue weighted by molar-refractivity contribution is 5.35. The average molecular weight is 308 g/mol. The molecule has 3 rings (SSSR count). The monoisotopic (exact) mass is 308 g/mol. The Balaban J connectivity index is 2.34. The van der Waals surface area contributed by atoms with Crippen molar-refractivity contribution in [2.75, 3.05) is 5.23 Å². The molecule has 0 saturated carbocycles. The van der Waals surface area contributed by atoms with E-state index in [1.807, 2.05) is 0 Å². The fourth-order valence-corrected chi connectivity index (χ4v) is 2.04. The van der Waals surface area contributed by atoms with E-state index in [1.54, 1.807) is 0 Å². The van der Waals surface area contributed by atoms with E-state index in [0.29, 0.717) is 0 Å². The number of rotatable bonds is 3. The maximum absolute atomic E-state index is 9.87. The zero-order valence-electron chi connectivity index (χ0n) is 10.9. The highest BCUT2D eigenvalue weighted by Gasteiger charge is 2.26. The Hall–Kier alpha value is -3.56. The lowest BCUT2D eigenvalue weighted by Gasteiger charge is -2.29. The fourth-order valence-electron chi connectivity index (χ4n) is 2.04. The third-order valence-corrected chi connectivity index (χ3v) is 2.98. The summed E-state index contributed by atoms with van der Waals surface area (Å²) in [4.78, 5) is 0. The van der Waals surface area contributed by atoms with E-state index in [-0.39, 0.29) is 0 Å². The molecule has 0 aliphatic heterocycles. The second-order valence-electron chi connectivity index (χ2n) is 4.35. The largest absolute Gasteiger partial charge is 0.493 e. The van der Waals surface area contributed by atoms with Gasteiger partial charge in [0.15, 0.2) is 0 Å². The van der Waals surface area contributed by atoms with Gasteiger partial charge in [-0.1, -0.05) is 5.23 Å². The van der Waals surface area contributed by atoms with Crippen molar-refractivity contribution in [3.05, 3.63) is 36.4 Å². The van der Waals surface area contributed by atoms with Gasteiger partial charge in [-0.3, -0.25) is 0 Å². The third-order valence-electron chi connectivity index (χ3n) is 2.98. The first-order chi connectivity index (χ1) is 10.4. The summed E-state index contributed by atoms with van der Waals surface area (Å²) < 4.78 is 2.16. The molecule has 0 amide bonds. The van der Waals surface area contributed by atoms with Crippen molar-refractivity contribution >= 4 is 0 Å². The van der Waals surface area contributed by atoms with E-state index < -0.39 is 35.3 Å². The Bertz CT molecular complexity index is 664. The van der Waals surface area contributed by atoms with E-state index in [9.17, 15) is 30.6 Å². The van der Waals surface area contributed by atoms with E-state index in [0.717, 1.165) is 55.7 Å². The zero-order chi connectivity index (χ0) is 16.0. The molecule has 22 heavy (non-hydrogen) atoms. The standard InChI is InChI=1S/C12H12N4O6/c17-7-1-2-8(18)13(7)16(14-9(19)3-4-10(14)20)15-11(21)5-6-12(15)22/h1-6,17-22H. The zero-order valence-corrected chi connectivity index (χ0v) is 10.9. The predicted octanol–water partition coefficient (Wildman–Crippen LogP) is 0.189. The fraction of sp³-hybridized carbons (Fsp3) is 0. The van der Waals surface area contributed by atoms with Crippen LogP contribution in [0.25, 0.3) is 0 Å². The summed E-state index contributed by atoms with van der Waals surface area (Å²) in [5.74, 6) is -2.93. The van der Waals surface area contributed by atoms with E-state index in [4.69, 9.17) is 0 Å². The second kappa shape index (κ2) is 4.48. The van der Waals surface area contributed by atoms with Crippen LogP contribution in [0.15, 0.2) is 36.4 Å². The molecule has 3 heterocycles. The summed E-state index contributed by atoms with van der Waals surface area (Å²) in [6, 6.07) is 6.82. The first-order valence-electron chi connectivity index (χ1n) is 6.02. The summed E-state index contributed by atoms with van der Waals surface area (Å²) in [5.41, 5.74) is 0. The van der Waals surface area contributed by atoms with Gasteiger partial charge >= 0.3 is 0 Å². The molecule has 3 aromatic heterocycles. The Labute approximate surface area is 122 Å². The van der Waals surface area contributed by atoms with Gasteiger partial charge in [0.05, 0.1) is 0 Å². The summed E-state index contributed by atoms with van der Waals surface area (Å²) >= 11 is 0. The minimum atomic E-state index is -0.488. The predicted molar refractivity (Wildman–Crippen MR) is 72.3 cm³/mol. The molecule has 116 valence electrons. The van der Waals surface area contributed by atoms with Crippen molar-refractivity contribution in [1.82, 2.24) is 14.0 Å². The minimum absolute atomic E-state index is 0.488. The third kappa shape index (κ3) is 1.74. The van der Waals surface area contributed by atoms with Gasteiger partial charge in [0, 0.05) is 36.4 Å². The quantitative estimate of drug-likeness (QED) is 0.406. The molecule has 0 aromatic carbocycles. The van der Waals surface area contributed by atoms with Crippen LogP contribution in [0, 0.1) is 0 Å². The topological polar surface area (TPSA) is 139 Å².